The molecule has 2 aromatic rings. The highest BCUT2D eigenvalue weighted by atomic mass is 32.2. The van der Waals surface area contributed by atoms with Gasteiger partial charge in [0.1, 0.15) is 5.82 Å². The van der Waals surface area contributed by atoms with Crippen molar-refractivity contribution in [1.82, 2.24) is 0 Å². The monoisotopic (exact) mass is 335 g/mol. The molecule has 1 heterocycles. The van der Waals surface area contributed by atoms with Crippen molar-refractivity contribution in [2.45, 2.75) is 12.2 Å². The molecule has 0 radical (unpaired) electrons. The Hall–Kier alpha value is -2.41. The molecule has 0 bridgehead atoms. The van der Waals surface area contributed by atoms with Crippen molar-refractivity contribution in [2.24, 2.45) is 0 Å². The van der Waals surface area contributed by atoms with Crippen molar-refractivity contribution in [3.8, 4) is 0 Å². The lowest BCUT2D eigenvalue weighted by Crippen LogP contribution is -2.30. The largest absolute Gasteiger partial charge is 0.478 e. The first-order valence-electron chi connectivity index (χ1n) is 6.98. The Bertz CT molecular complexity index is 862. The van der Waals surface area contributed by atoms with Crippen LogP contribution < -0.4 is 4.31 Å². The van der Waals surface area contributed by atoms with Crippen molar-refractivity contribution < 1.29 is 22.7 Å². The zero-order chi connectivity index (χ0) is 16.6. The van der Waals surface area contributed by atoms with Crippen LogP contribution in [-0.2, 0) is 22.2 Å². The summed E-state index contributed by atoms with van der Waals surface area (Å²) in [4.78, 5) is 10.8. The Morgan fingerprint density at radius 2 is 1.87 bits per heavy atom. The molecular weight excluding hydrogens is 321 g/mol. The molecular formula is C16H14FNO4S. The summed E-state index contributed by atoms with van der Waals surface area (Å²) in [6.45, 7) is 0.214. The number of carboxylic acid groups (broad SMARTS) is 1. The van der Waals surface area contributed by atoms with E-state index in [0.29, 0.717) is 23.2 Å². The number of hydrogen-bond donors (Lipinski definition) is 1. The van der Waals surface area contributed by atoms with Crippen LogP contribution in [0.2, 0.25) is 0 Å². The van der Waals surface area contributed by atoms with E-state index in [9.17, 15) is 17.6 Å². The molecule has 1 aliphatic heterocycles. The molecule has 3 rings (SSSR count). The predicted octanol–water partition coefficient (Wildman–Crippen LogP) is 2.42. The third kappa shape index (κ3) is 2.92. The van der Waals surface area contributed by atoms with E-state index in [1.54, 1.807) is 6.07 Å². The second-order valence-corrected chi connectivity index (χ2v) is 7.21. The number of carboxylic acids is 1. The Kier molecular flexibility index (Phi) is 3.81. The van der Waals surface area contributed by atoms with Crippen LogP contribution in [0.1, 0.15) is 21.5 Å². The lowest BCUT2D eigenvalue weighted by molar-refractivity contribution is 0.0697. The van der Waals surface area contributed by atoms with E-state index >= 15 is 0 Å². The SMILES string of the molecule is O=C(O)c1ccc(CS(=O)(=O)N2CCc3c(F)cccc32)cc1. The van der Waals surface area contributed by atoms with Gasteiger partial charge in [-0.1, -0.05) is 18.2 Å². The van der Waals surface area contributed by atoms with E-state index < -0.39 is 21.8 Å². The Morgan fingerprint density at radius 1 is 1.17 bits per heavy atom. The first-order chi connectivity index (χ1) is 10.9. The van der Waals surface area contributed by atoms with Gasteiger partial charge < -0.3 is 5.11 Å². The molecule has 0 fully saturated rings. The van der Waals surface area contributed by atoms with E-state index in [-0.39, 0.29) is 17.9 Å². The number of benzene rings is 2. The minimum Gasteiger partial charge on any atom is -0.478 e. The van der Waals surface area contributed by atoms with E-state index in [4.69, 9.17) is 5.11 Å². The summed E-state index contributed by atoms with van der Waals surface area (Å²) in [6, 6.07) is 10.1. The molecule has 0 saturated carbocycles. The number of halogens is 1. The second-order valence-electron chi connectivity index (χ2n) is 5.32. The standard InChI is InChI=1S/C16H14FNO4S/c17-14-2-1-3-15-13(14)8-9-18(15)23(21,22)10-11-4-6-12(7-5-11)16(19)20/h1-7H,8-10H2,(H,19,20). The molecule has 1 N–H and O–H groups in total. The van der Waals surface area contributed by atoms with Gasteiger partial charge in [0.25, 0.3) is 0 Å². The van der Waals surface area contributed by atoms with Gasteiger partial charge in [-0.25, -0.2) is 17.6 Å². The molecule has 0 aromatic heterocycles. The van der Waals surface area contributed by atoms with Crippen LogP contribution in [0.5, 0.6) is 0 Å². The van der Waals surface area contributed by atoms with Gasteiger partial charge in [0.05, 0.1) is 17.0 Å². The lowest BCUT2D eigenvalue weighted by atomic mass is 10.1. The molecule has 0 unspecified atom stereocenters. The molecule has 7 heteroatoms. The molecule has 5 nitrogen and oxygen atoms in total. The highest BCUT2D eigenvalue weighted by molar-refractivity contribution is 7.92. The zero-order valence-corrected chi connectivity index (χ0v) is 12.9. The van der Waals surface area contributed by atoms with Gasteiger partial charge in [-0.2, -0.15) is 0 Å². The molecule has 120 valence electrons. The summed E-state index contributed by atoms with van der Waals surface area (Å²) in [5.74, 6) is -1.72. The first-order valence-corrected chi connectivity index (χ1v) is 8.59. The number of hydrogen-bond acceptors (Lipinski definition) is 3. The summed E-state index contributed by atoms with van der Waals surface area (Å²) in [5, 5.41) is 8.85. The summed E-state index contributed by atoms with van der Waals surface area (Å²) in [7, 11) is -3.66. The molecule has 0 amide bonds. The number of nitrogens with zero attached hydrogens (tertiary/aromatic N) is 1. The summed E-state index contributed by atoms with van der Waals surface area (Å²) < 4.78 is 40.1. The molecule has 0 saturated heterocycles. The first kappa shape index (κ1) is 15.5. The quantitative estimate of drug-likeness (QED) is 0.931. The number of aromatic carboxylic acids is 1. The van der Waals surface area contributed by atoms with Gasteiger partial charge in [-0.3, -0.25) is 4.31 Å². The summed E-state index contributed by atoms with van der Waals surface area (Å²) in [5.41, 5.74) is 1.38. The predicted molar refractivity (Wildman–Crippen MR) is 83.5 cm³/mol. The normalized spacial score (nSPS) is 13.9. The van der Waals surface area contributed by atoms with Crippen LogP contribution in [0.15, 0.2) is 42.5 Å². The lowest BCUT2D eigenvalue weighted by Gasteiger charge is -2.19. The summed E-state index contributed by atoms with van der Waals surface area (Å²) in [6.07, 6.45) is 0.346. The van der Waals surface area contributed by atoms with Crippen molar-refractivity contribution in [2.75, 3.05) is 10.8 Å². The maximum absolute atomic E-state index is 13.7. The number of rotatable bonds is 4. The van der Waals surface area contributed by atoms with E-state index in [2.05, 4.69) is 0 Å². The fraction of sp³-hybridized carbons (Fsp3) is 0.188. The maximum atomic E-state index is 13.7. The van der Waals surface area contributed by atoms with Gasteiger partial charge in [0, 0.05) is 12.1 Å². The smallest absolute Gasteiger partial charge is 0.335 e. The highest BCUT2D eigenvalue weighted by Crippen LogP contribution is 2.32. The minimum absolute atomic E-state index is 0.0970. The molecule has 0 aliphatic carbocycles. The van der Waals surface area contributed by atoms with Gasteiger partial charge in [-0.15, -0.1) is 0 Å². The van der Waals surface area contributed by atoms with Crippen molar-refractivity contribution in [1.29, 1.82) is 0 Å². The third-order valence-electron chi connectivity index (χ3n) is 3.81. The Labute approximate surface area is 133 Å². The van der Waals surface area contributed by atoms with Crippen LogP contribution >= 0.6 is 0 Å². The highest BCUT2D eigenvalue weighted by Gasteiger charge is 2.31. The van der Waals surface area contributed by atoms with Gasteiger partial charge in [0.2, 0.25) is 10.0 Å². The van der Waals surface area contributed by atoms with Gasteiger partial charge in [-0.05, 0) is 36.2 Å². The van der Waals surface area contributed by atoms with Crippen LogP contribution in [0.25, 0.3) is 0 Å². The Morgan fingerprint density at radius 3 is 2.52 bits per heavy atom. The molecule has 23 heavy (non-hydrogen) atoms. The minimum atomic E-state index is -3.66. The number of fused-ring (bicyclic) bond motifs is 1. The third-order valence-corrected chi connectivity index (χ3v) is 5.56. The molecule has 0 atom stereocenters. The van der Waals surface area contributed by atoms with E-state index in [0.717, 1.165) is 0 Å². The topological polar surface area (TPSA) is 74.7 Å². The number of sulfonamides is 1. The van der Waals surface area contributed by atoms with Crippen LogP contribution in [0, 0.1) is 5.82 Å². The Balaban J connectivity index is 1.86. The fourth-order valence-electron chi connectivity index (χ4n) is 2.68. The van der Waals surface area contributed by atoms with Crippen LogP contribution in [0.4, 0.5) is 10.1 Å². The number of carbonyl (C=O) groups is 1. The average Bonchev–Trinajstić information content (AvgIpc) is 2.93. The van der Waals surface area contributed by atoms with Crippen molar-refractivity contribution >= 4 is 21.7 Å². The van der Waals surface area contributed by atoms with Crippen molar-refractivity contribution in [3.63, 3.8) is 0 Å². The molecule has 2 aromatic carbocycles. The van der Waals surface area contributed by atoms with E-state index in [1.807, 2.05) is 0 Å². The fourth-order valence-corrected chi connectivity index (χ4v) is 4.29. The second kappa shape index (κ2) is 5.66. The average molecular weight is 335 g/mol. The van der Waals surface area contributed by atoms with Crippen LogP contribution in [-0.4, -0.2) is 26.0 Å². The zero-order valence-electron chi connectivity index (χ0n) is 12.1. The summed E-state index contributed by atoms with van der Waals surface area (Å²) >= 11 is 0. The van der Waals surface area contributed by atoms with Crippen molar-refractivity contribution in [3.05, 3.63) is 65.0 Å². The molecule has 1 aliphatic rings. The van der Waals surface area contributed by atoms with Gasteiger partial charge >= 0.3 is 5.97 Å². The van der Waals surface area contributed by atoms with Crippen LogP contribution in [0.3, 0.4) is 0 Å². The van der Waals surface area contributed by atoms with Gasteiger partial charge in [0.15, 0.2) is 0 Å². The van der Waals surface area contributed by atoms with E-state index in [1.165, 1.54) is 40.7 Å². The number of anilines is 1. The molecule has 0 spiro atoms. The maximum Gasteiger partial charge on any atom is 0.335 e.